The van der Waals surface area contributed by atoms with Crippen LogP contribution in [0.3, 0.4) is 0 Å². The molecule has 0 aliphatic rings. The number of fused-ring (bicyclic) bond motifs is 7. The average molecular weight is 648 g/mol. The molecule has 0 atom stereocenters. The summed E-state index contributed by atoms with van der Waals surface area (Å²) >= 11 is 1.77. The lowest BCUT2D eigenvalue weighted by Gasteiger charge is -2.10. The fourth-order valence-corrected chi connectivity index (χ4v) is 7.75. The van der Waals surface area contributed by atoms with E-state index >= 15 is 0 Å². The predicted molar refractivity (Wildman–Crippen MR) is 207 cm³/mol. The van der Waals surface area contributed by atoms with Crippen LogP contribution in [0.4, 0.5) is 0 Å². The molecule has 0 bridgehead atoms. The number of aromatic nitrogens is 3. The molecule has 0 amide bonds. The maximum absolute atomic E-state index is 6.31. The van der Waals surface area contributed by atoms with Gasteiger partial charge < -0.3 is 4.42 Å². The highest BCUT2D eigenvalue weighted by molar-refractivity contribution is 7.26. The maximum atomic E-state index is 6.31. The molecule has 232 valence electrons. The fraction of sp³-hybridized carbons (Fsp3) is 0.0227. The van der Waals surface area contributed by atoms with E-state index < -0.39 is 0 Å². The SMILES string of the molecule is C=C/C=C\C=C(/C)c1ccc(-c2nc(-c3ccc4oc5cc6ccccc6cc5c4c3)nc(-c3cccc4c3sc3ccccc34)n2)cc1. The first kappa shape index (κ1) is 29.0. The Bertz CT molecular complexity index is 2800. The van der Waals surface area contributed by atoms with E-state index in [1.54, 1.807) is 17.4 Å². The zero-order chi connectivity index (χ0) is 32.9. The van der Waals surface area contributed by atoms with Gasteiger partial charge in [-0.25, -0.2) is 15.0 Å². The topological polar surface area (TPSA) is 51.8 Å². The summed E-state index contributed by atoms with van der Waals surface area (Å²) in [6, 6.07) is 42.2. The molecule has 3 heterocycles. The Kier molecular flexibility index (Phi) is 6.99. The second-order valence-electron chi connectivity index (χ2n) is 12.1. The van der Waals surface area contributed by atoms with E-state index in [4.69, 9.17) is 19.4 Å². The molecular weight excluding hydrogens is 619 g/mol. The first-order valence-corrected chi connectivity index (χ1v) is 17.0. The number of nitrogens with zero attached hydrogens (tertiary/aromatic N) is 3. The number of rotatable bonds is 6. The lowest BCUT2D eigenvalue weighted by Crippen LogP contribution is -2.00. The Hall–Kier alpha value is -6.17. The van der Waals surface area contributed by atoms with Gasteiger partial charge in [0.05, 0.1) is 0 Å². The van der Waals surface area contributed by atoms with Crippen LogP contribution in [0.1, 0.15) is 12.5 Å². The van der Waals surface area contributed by atoms with Gasteiger partial charge in [-0.3, -0.25) is 0 Å². The molecule has 0 saturated carbocycles. The maximum Gasteiger partial charge on any atom is 0.165 e. The Labute approximate surface area is 287 Å². The van der Waals surface area contributed by atoms with Gasteiger partial charge in [-0.1, -0.05) is 110 Å². The van der Waals surface area contributed by atoms with E-state index in [0.717, 1.165) is 55.2 Å². The number of hydrogen-bond acceptors (Lipinski definition) is 5. The molecule has 0 aliphatic heterocycles. The van der Waals surface area contributed by atoms with Crippen molar-refractivity contribution in [1.82, 2.24) is 15.0 Å². The average Bonchev–Trinajstić information content (AvgIpc) is 3.71. The van der Waals surface area contributed by atoms with Crippen molar-refractivity contribution >= 4 is 69.8 Å². The van der Waals surface area contributed by atoms with Crippen molar-refractivity contribution in [3.05, 3.63) is 158 Å². The fourth-order valence-electron chi connectivity index (χ4n) is 6.54. The van der Waals surface area contributed by atoms with Gasteiger partial charge >= 0.3 is 0 Å². The van der Waals surface area contributed by atoms with Gasteiger partial charge in [0.15, 0.2) is 17.5 Å². The van der Waals surface area contributed by atoms with Crippen molar-refractivity contribution in [2.75, 3.05) is 0 Å². The predicted octanol–water partition coefficient (Wildman–Crippen LogP) is 12.4. The first-order chi connectivity index (χ1) is 24.1. The highest BCUT2D eigenvalue weighted by Crippen LogP contribution is 2.40. The highest BCUT2D eigenvalue weighted by Gasteiger charge is 2.18. The summed E-state index contributed by atoms with van der Waals surface area (Å²) in [5, 5.41) is 6.88. The van der Waals surface area contributed by atoms with Gasteiger partial charge in [0.1, 0.15) is 11.2 Å². The molecule has 0 radical (unpaired) electrons. The summed E-state index contributed by atoms with van der Waals surface area (Å²) < 4.78 is 8.72. The van der Waals surface area contributed by atoms with Crippen molar-refractivity contribution in [1.29, 1.82) is 0 Å². The molecule has 0 fully saturated rings. The summed E-state index contributed by atoms with van der Waals surface area (Å²) in [4.78, 5) is 15.4. The first-order valence-electron chi connectivity index (χ1n) is 16.2. The molecule has 4 nitrogen and oxygen atoms in total. The standard InChI is InChI=1S/C44H29N3OS/c1-3-4-5-11-27(2)28-18-20-29(21-19-28)42-45-43(47-44(46-42)35-16-10-15-34-33-14-8-9-17-40(33)49-41(34)35)32-22-23-38-36(25-32)37-24-30-12-6-7-13-31(30)26-39(37)48-38/h3-26H,1H2,2H3/b5-4-,27-11+. The third-order valence-corrected chi connectivity index (χ3v) is 10.3. The summed E-state index contributed by atoms with van der Waals surface area (Å²) in [5.74, 6) is 1.89. The van der Waals surface area contributed by atoms with Crippen molar-refractivity contribution in [2.24, 2.45) is 0 Å². The minimum atomic E-state index is 0.616. The number of furan rings is 1. The molecule has 3 aromatic heterocycles. The summed E-state index contributed by atoms with van der Waals surface area (Å²) in [7, 11) is 0. The Balaban J connectivity index is 1.23. The van der Waals surface area contributed by atoms with Gasteiger partial charge in [-0.05, 0) is 71.3 Å². The molecular formula is C44H29N3OS. The second-order valence-corrected chi connectivity index (χ2v) is 13.2. The molecule has 9 rings (SSSR count). The van der Waals surface area contributed by atoms with Gasteiger partial charge in [0, 0.05) is 47.6 Å². The minimum Gasteiger partial charge on any atom is -0.456 e. The molecule has 5 heteroatoms. The van der Waals surface area contributed by atoms with Crippen molar-refractivity contribution in [3.63, 3.8) is 0 Å². The molecule has 6 aromatic carbocycles. The normalized spacial score (nSPS) is 12.3. The monoisotopic (exact) mass is 647 g/mol. The third-order valence-electron chi connectivity index (χ3n) is 9.07. The molecule has 0 N–H and O–H groups in total. The van der Waals surface area contributed by atoms with Gasteiger partial charge in [-0.15, -0.1) is 11.3 Å². The van der Waals surface area contributed by atoms with E-state index in [0.29, 0.717) is 17.5 Å². The van der Waals surface area contributed by atoms with Crippen LogP contribution in [0, 0.1) is 0 Å². The van der Waals surface area contributed by atoms with Crippen LogP contribution in [-0.4, -0.2) is 15.0 Å². The van der Waals surface area contributed by atoms with Crippen LogP contribution in [0.15, 0.2) is 157 Å². The summed E-state index contributed by atoms with van der Waals surface area (Å²) in [6.07, 6.45) is 7.78. The van der Waals surface area contributed by atoms with Gasteiger partial charge in [-0.2, -0.15) is 0 Å². The van der Waals surface area contributed by atoms with E-state index in [-0.39, 0.29) is 0 Å². The summed E-state index contributed by atoms with van der Waals surface area (Å²) in [6.45, 7) is 5.86. The van der Waals surface area contributed by atoms with Crippen LogP contribution < -0.4 is 0 Å². The molecule has 9 aromatic rings. The van der Waals surface area contributed by atoms with E-state index in [1.165, 1.54) is 25.6 Å². The lowest BCUT2D eigenvalue weighted by molar-refractivity contribution is 0.669. The molecule has 0 saturated heterocycles. The molecule has 49 heavy (non-hydrogen) atoms. The minimum absolute atomic E-state index is 0.616. The molecule has 0 aliphatic carbocycles. The quantitative estimate of drug-likeness (QED) is 0.169. The smallest absolute Gasteiger partial charge is 0.165 e. The van der Waals surface area contributed by atoms with Crippen LogP contribution >= 0.6 is 11.3 Å². The third kappa shape index (κ3) is 5.12. The van der Waals surface area contributed by atoms with Crippen LogP contribution in [-0.2, 0) is 0 Å². The summed E-state index contributed by atoms with van der Waals surface area (Å²) in [5.41, 5.74) is 6.81. The van der Waals surface area contributed by atoms with Crippen molar-refractivity contribution in [3.8, 4) is 34.2 Å². The zero-order valence-corrected chi connectivity index (χ0v) is 27.5. The Morgan fingerprint density at radius 1 is 0.612 bits per heavy atom. The van der Waals surface area contributed by atoms with Crippen molar-refractivity contribution in [2.45, 2.75) is 6.92 Å². The molecule has 0 spiro atoms. The largest absolute Gasteiger partial charge is 0.456 e. The lowest BCUT2D eigenvalue weighted by atomic mass is 10.0. The highest BCUT2D eigenvalue weighted by atomic mass is 32.1. The number of allylic oxidation sites excluding steroid dienone is 5. The van der Waals surface area contributed by atoms with Crippen LogP contribution in [0.25, 0.3) is 92.6 Å². The van der Waals surface area contributed by atoms with Gasteiger partial charge in [0.25, 0.3) is 0 Å². The second kappa shape index (κ2) is 11.8. The zero-order valence-electron chi connectivity index (χ0n) is 26.7. The van der Waals surface area contributed by atoms with Crippen LogP contribution in [0.5, 0.6) is 0 Å². The Morgan fingerprint density at radius 3 is 2.14 bits per heavy atom. The number of thiophene rings is 1. The Morgan fingerprint density at radius 2 is 1.31 bits per heavy atom. The van der Waals surface area contributed by atoms with Gasteiger partial charge in [0.2, 0.25) is 0 Å². The van der Waals surface area contributed by atoms with Crippen molar-refractivity contribution < 1.29 is 4.42 Å². The van der Waals surface area contributed by atoms with E-state index in [1.807, 2.05) is 24.3 Å². The number of hydrogen-bond donors (Lipinski definition) is 0. The number of benzene rings is 6. The molecule has 0 unspecified atom stereocenters. The van der Waals surface area contributed by atoms with E-state index in [2.05, 4.69) is 129 Å². The van der Waals surface area contributed by atoms with Crippen LogP contribution in [0.2, 0.25) is 0 Å². The van der Waals surface area contributed by atoms with E-state index in [9.17, 15) is 0 Å².